The van der Waals surface area contributed by atoms with Gasteiger partial charge in [0, 0.05) is 5.70 Å². The third-order valence-electron chi connectivity index (χ3n) is 4.01. The highest BCUT2D eigenvalue weighted by Gasteiger charge is 2.33. The van der Waals surface area contributed by atoms with Gasteiger partial charge in [0.1, 0.15) is 0 Å². The van der Waals surface area contributed by atoms with Crippen molar-refractivity contribution >= 4 is 11.7 Å². The van der Waals surface area contributed by atoms with Crippen molar-refractivity contribution in [2.75, 3.05) is 6.61 Å². The summed E-state index contributed by atoms with van der Waals surface area (Å²) in [5.74, 6) is -0.561. The second kappa shape index (κ2) is 7.13. The van der Waals surface area contributed by atoms with Crippen LogP contribution >= 0.6 is 0 Å². The Labute approximate surface area is 141 Å². The van der Waals surface area contributed by atoms with Gasteiger partial charge in [-0.3, -0.25) is 5.43 Å². The van der Waals surface area contributed by atoms with Crippen LogP contribution in [0.4, 0.5) is 0 Å². The maximum atomic E-state index is 12.6. The first kappa shape index (κ1) is 16.0. The fourth-order valence-electron chi connectivity index (χ4n) is 2.91. The van der Waals surface area contributed by atoms with Gasteiger partial charge in [0.05, 0.1) is 23.8 Å². The van der Waals surface area contributed by atoms with E-state index in [0.29, 0.717) is 12.2 Å². The Morgan fingerprint density at radius 1 is 1.08 bits per heavy atom. The van der Waals surface area contributed by atoms with Crippen LogP contribution in [-0.2, 0) is 9.53 Å². The summed E-state index contributed by atoms with van der Waals surface area (Å²) in [7, 11) is 0. The molecule has 1 atom stereocenters. The molecular formula is C20H20N2O2. The normalized spacial score (nSPS) is 17.1. The Morgan fingerprint density at radius 2 is 1.71 bits per heavy atom. The molecule has 4 nitrogen and oxygen atoms in total. The first-order valence-electron chi connectivity index (χ1n) is 8.04. The van der Waals surface area contributed by atoms with Crippen LogP contribution in [0.3, 0.4) is 0 Å². The zero-order valence-electron chi connectivity index (χ0n) is 13.8. The molecule has 1 N–H and O–H groups in total. The lowest BCUT2D eigenvalue weighted by molar-refractivity contribution is -0.138. The molecule has 2 aromatic rings. The number of carbonyl (C=O) groups is 1. The third-order valence-corrected chi connectivity index (χ3v) is 4.01. The summed E-state index contributed by atoms with van der Waals surface area (Å²) < 4.78 is 5.30. The number of hydrogen-bond acceptors (Lipinski definition) is 4. The molecule has 0 amide bonds. The molecular weight excluding hydrogens is 300 g/mol. The van der Waals surface area contributed by atoms with Gasteiger partial charge in [-0.1, -0.05) is 60.7 Å². The van der Waals surface area contributed by atoms with Crippen molar-refractivity contribution < 1.29 is 9.53 Å². The lowest BCUT2D eigenvalue weighted by Gasteiger charge is -2.27. The molecule has 1 aliphatic rings. The second-order valence-electron chi connectivity index (χ2n) is 5.58. The topological polar surface area (TPSA) is 50.7 Å². The van der Waals surface area contributed by atoms with E-state index in [0.717, 1.165) is 22.5 Å². The van der Waals surface area contributed by atoms with Crippen LogP contribution in [0.1, 0.15) is 30.9 Å². The number of nitrogens with one attached hydrogen (secondary N) is 1. The largest absolute Gasteiger partial charge is 0.463 e. The van der Waals surface area contributed by atoms with E-state index >= 15 is 0 Å². The van der Waals surface area contributed by atoms with Crippen LogP contribution in [0.2, 0.25) is 0 Å². The Kier molecular flexibility index (Phi) is 4.75. The monoisotopic (exact) mass is 320 g/mol. The Morgan fingerprint density at radius 3 is 2.33 bits per heavy atom. The van der Waals surface area contributed by atoms with Gasteiger partial charge in [-0.2, -0.15) is 5.10 Å². The Hall–Kier alpha value is -2.88. The third kappa shape index (κ3) is 3.08. The quantitative estimate of drug-likeness (QED) is 0.876. The highest BCUT2D eigenvalue weighted by Crippen LogP contribution is 2.33. The maximum absolute atomic E-state index is 12.6. The van der Waals surface area contributed by atoms with Gasteiger partial charge >= 0.3 is 5.97 Å². The second-order valence-corrected chi connectivity index (χ2v) is 5.58. The molecule has 3 rings (SSSR count). The highest BCUT2D eigenvalue weighted by molar-refractivity contribution is 6.12. The van der Waals surface area contributed by atoms with Crippen LogP contribution in [0.25, 0.3) is 0 Å². The molecule has 0 aromatic heterocycles. The minimum Gasteiger partial charge on any atom is -0.463 e. The maximum Gasteiger partial charge on any atom is 0.336 e. The average Bonchev–Trinajstić information content (AvgIpc) is 2.63. The average molecular weight is 320 g/mol. The lowest BCUT2D eigenvalue weighted by Crippen LogP contribution is -2.31. The zero-order chi connectivity index (χ0) is 16.9. The Bertz CT molecular complexity index is 780. The molecule has 2 aromatic carbocycles. The van der Waals surface area contributed by atoms with Crippen molar-refractivity contribution in [3.05, 3.63) is 83.1 Å². The van der Waals surface area contributed by atoms with Crippen LogP contribution in [0.5, 0.6) is 0 Å². The summed E-state index contributed by atoms with van der Waals surface area (Å²) in [6, 6.07) is 19.8. The van der Waals surface area contributed by atoms with E-state index < -0.39 is 0 Å². The molecule has 0 saturated carbocycles. The first-order valence-corrected chi connectivity index (χ1v) is 8.04. The number of hydrazone groups is 1. The van der Waals surface area contributed by atoms with E-state index in [2.05, 4.69) is 10.5 Å². The molecule has 4 heteroatoms. The van der Waals surface area contributed by atoms with E-state index in [4.69, 9.17) is 4.74 Å². The molecule has 1 aliphatic heterocycles. The van der Waals surface area contributed by atoms with Gasteiger partial charge in [-0.15, -0.1) is 0 Å². The smallest absolute Gasteiger partial charge is 0.336 e. The molecule has 0 radical (unpaired) electrons. The summed E-state index contributed by atoms with van der Waals surface area (Å²) in [5, 5.41) is 4.53. The van der Waals surface area contributed by atoms with Crippen molar-refractivity contribution in [1.29, 1.82) is 0 Å². The van der Waals surface area contributed by atoms with Crippen LogP contribution in [0, 0.1) is 0 Å². The Balaban J connectivity index is 2.12. The SMILES string of the molecule is CCOC(=O)C1=C(C)NN=C(c2ccccc2)C1c1ccccc1. The van der Waals surface area contributed by atoms with Gasteiger partial charge in [0.25, 0.3) is 0 Å². The van der Waals surface area contributed by atoms with Gasteiger partial charge in [-0.05, 0) is 25.0 Å². The number of allylic oxidation sites excluding steroid dienone is 1. The van der Waals surface area contributed by atoms with Crippen molar-refractivity contribution in [2.45, 2.75) is 19.8 Å². The number of rotatable bonds is 4. The van der Waals surface area contributed by atoms with E-state index in [9.17, 15) is 4.79 Å². The number of carbonyl (C=O) groups excluding carboxylic acids is 1. The molecule has 1 unspecified atom stereocenters. The molecule has 1 heterocycles. The van der Waals surface area contributed by atoms with Gasteiger partial charge in [-0.25, -0.2) is 4.79 Å². The summed E-state index contributed by atoms with van der Waals surface area (Å²) in [6.07, 6.45) is 0. The standard InChI is InChI=1S/C20H20N2O2/c1-3-24-20(23)17-14(2)21-22-19(16-12-8-5-9-13-16)18(17)15-10-6-4-7-11-15/h4-13,18,21H,3H2,1-2H3. The summed E-state index contributed by atoms with van der Waals surface area (Å²) in [4.78, 5) is 12.6. The molecule has 0 fully saturated rings. The number of hydrogen-bond donors (Lipinski definition) is 1. The number of nitrogens with zero attached hydrogens (tertiary/aromatic N) is 1. The molecule has 0 bridgehead atoms. The summed E-state index contributed by atoms with van der Waals surface area (Å²) >= 11 is 0. The van der Waals surface area contributed by atoms with Crippen molar-refractivity contribution in [3.63, 3.8) is 0 Å². The lowest BCUT2D eigenvalue weighted by atomic mass is 9.82. The number of esters is 1. The number of benzene rings is 2. The molecule has 122 valence electrons. The molecule has 0 spiro atoms. The molecule has 24 heavy (non-hydrogen) atoms. The number of ether oxygens (including phenoxy) is 1. The van der Waals surface area contributed by atoms with Crippen molar-refractivity contribution in [2.24, 2.45) is 5.10 Å². The summed E-state index contributed by atoms with van der Waals surface area (Å²) in [6.45, 7) is 4.01. The van der Waals surface area contributed by atoms with Crippen LogP contribution in [0.15, 0.2) is 77.0 Å². The van der Waals surface area contributed by atoms with Crippen molar-refractivity contribution in [3.8, 4) is 0 Å². The zero-order valence-corrected chi connectivity index (χ0v) is 13.8. The predicted octanol–water partition coefficient (Wildman–Crippen LogP) is 3.61. The minimum absolute atomic E-state index is 0.256. The van der Waals surface area contributed by atoms with Gasteiger partial charge in [0.2, 0.25) is 0 Å². The minimum atomic E-state index is -0.306. The van der Waals surface area contributed by atoms with E-state index in [-0.39, 0.29) is 11.9 Å². The van der Waals surface area contributed by atoms with Crippen molar-refractivity contribution in [1.82, 2.24) is 5.43 Å². The molecule has 0 saturated heterocycles. The van der Waals surface area contributed by atoms with E-state index in [1.165, 1.54) is 0 Å². The highest BCUT2D eigenvalue weighted by atomic mass is 16.5. The van der Waals surface area contributed by atoms with Crippen LogP contribution in [-0.4, -0.2) is 18.3 Å². The van der Waals surface area contributed by atoms with Gasteiger partial charge < -0.3 is 4.74 Å². The van der Waals surface area contributed by atoms with E-state index in [1.807, 2.05) is 74.5 Å². The van der Waals surface area contributed by atoms with Crippen LogP contribution < -0.4 is 5.43 Å². The van der Waals surface area contributed by atoms with Gasteiger partial charge in [0.15, 0.2) is 0 Å². The first-order chi connectivity index (χ1) is 11.7. The fourth-order valence-corrected chi connectivity index (χ4v) is 2.91. The summed E-state index contributed by atoms with van der Waals surface area (Å²) in [5.41, 5.74) is 7.13. The van der Waals surface area contributed by atoms with E-state index in [1.54, 1.807) is 0 Å². The molecule has 0 aliphatic carbocycles. The fraction of sp³-hybridized carbons (Fsp3) is 0.200. The predicted molar refractivity (Wildman–Crippen MR) is 94.6 cm³/mol.